The highest BCUT2D eigenvalue weighted by Gasteiger charge is 2.25. The van der Waals surface area contributed by atoms with Gasteiger partial charge in [-0.25, -0.2) is 0 Å². The first-order valence-electron chi connectivity index (χ1n) is 5.53. The summed E-state index contributed by atoms with van der Waals surface area (Å²) in [5, 5.41) is 15.4. The summed E-state index contributed by atoms with van der Waals surface area (Å²) in [6, 6.07) is 9.05. The van der Waals surface area contributed by atoms with E-state index in [1.165, 1.54) is 0 Å². The minimum absolute atomic E-state index is 0.0787. The van der Waals surface area contributed by atoms with Gasteiger partial charge >= 0.3 is 0 Å². The summed E-state index contributed by atoms with van der Waals surface area (Å²) >= 11 is 0. The summed E-state index contributed by atoms with van der Waals surface area (Å²) in [6.07, 6.45) is 0.834. The van der Waals surface area contributed by atoms with Gasteiger partial charge in [0, 0.05) is 5.69 Å². The van der Waals surface area contributed by atoms with E-state index in [1.54, 1.807) is 0 Å². The van der Waals surface area contributed by atoms with Crippen molar-refractivity contribution in [2.24, 2.45) is 0 Å². The fraction of sp³-hybridized carbons (Fsp3) is 0.417. The van der Waals surface area contributed by atoms with Gasteiger partial charge in [0.1, 0.15) is 0 Å². The molecular weight excluding hydrogens is 204 g/mol. The summed E-state index contributed by atoms with van der Waals surface area (Å²) in [7, 11) is 0. The molecule has 1 aliphatic rings. The number of amides is 1. The summed E-state index contributed by atoms with van der Waals surface area (Å²) in [6.45, 7) is 0.689. The van der Waals surface area contributed by atoms with Gasteiger partial charge in [-0.3, -0.25) is 4.79 Å². The second kappa shape index (κ2) is 5.09. The van der Waals surface area contributed by atoms with Crippen LogP contribution in [0.5, 0.6) is 0 Å². The van der Waals surface area contributed by atoms with Crippen LogP contribution in [-0.2, 0) is 4.79 Å². The van der Waals surface area contributed by atoms with Gasteiger partial charge in [0.15, 0.2) is 0 Å². The van der Waals surface area contributed by atoms with Gasteiger partial charge in [-0.05, 0) is 31.5 Å². The number of piperidine rings is 1. The number of benzene rings is 1. The van der Waals surface area contributed by atoms with Crippen LogP contribution >= 0.6 is 0 Å². The van der Waals surface area contributed by atoms with Crippen molar-refractivity contribution in [2.45, 2.75) is 25.0 Å². The molecule has 0 aromatic heterocycles. The van der Waals surface area contributed by atoms with Crippen molar-refractivity contribution >= 4 is 11.6 Å². The van der Waals surface area contributed by atoms with E-state index in [9.17, 15) is 9.90 Å². The molecule has 3 N–H and O–H groups in total. The van der Waals surface area contributed by atoms with E-state index in [0.29, 0.717) is 13.0 Å². The average Bonchev–Trinajstić information content (AvgIpc) is 2.30. The molecule has 1 heterocycles. The summed E-state index contributed by atoms with van der Waals surface area (Å²) < 4.78 is 0. The minimum atomic E-state index is -0.368. The van der Waals surface area contributed by atoms with E-state index in [-0.39, 0.29) is 18.1 Å². The van der Waals surface area contributed by atoms with E-state index >= 15 is 0 Å². The monoisotopic (exact) mass is 220 g/mol. The highest BCUT2D eigenvalue weighted by atomic mass is 16.3. The quantitative estimate of drug-likeness (QED) is 0.689. The zero-order valence-electron chi connectivity index (χ0n) is 9.02. The number of aliphatic hydroxyl groups is 1. The molecule has 0 aliphatic carbocycles. The zero-order chi connectivity index (χ0) is 11.4. The molecule has 86 valence electrons. The Labute approximate surface area is 94.7 Å². The smallest absolute Gasteiger partial charge is 0.241 e. The van der Waals surface area contributed by atoms with Crippen molar-refractivity contribution in [2.75, 3.05) is 11.9 Å². The van der Waals surface area contributed by atoms with Crippen LogP contribution in [0.3, 0.4) is 0 Å². The molecule has 0 unspecified atom stereocenters. The second-order valence-electron chi connectivity index (χ2n) is 4.04. The number of nitrogens with one attached hydrogen (secondary N) is 2. The molecule has 0 saturated carbocycles. The van der Waals surface area contributed by atoms with E-state index in [2.05, 4.69) is 10.6 Å². The van der Waals surface area contributed by atoms with Crippen molar-refractivity contribution < 1.29 is 9.90 Å². The molecule has 16 heavy (non-hydrogen) atoms. The van der Waals surface area contributed by atoms with Crippen LogP contribution in [0, 0.1) is 0 Å². The Bertz CT molecular complexity index is 353. The normalized spacial score (nSPS) is 25.1. The van der Waals surface area contributed by atoms with Crippen LogP contribution in [0.1, 0.15) is 12.8 Å². The molecule has 0 bridgehead atoms. The molecule has 4 heteroatoms. The fourth-order valence-electron chi connectivity index (χ4n) is 1.85. The summed E-state index contributed by atoms with van der Waals surface area (Å²) in [4.78, 5) is 11.8. The number of rotatable bonds is 2. The third-order valence-corrected chi connectivity index (χ3v) is 2.73. The zero-order valence-corrected chi connectivity index (χ0v) is 9.02. The molecule has 1 aromatic carbocycles. The van der Waals surface area contributed by atoms with Crippen molar-refractivity contribution in [1.29, 1.82) is 0 Å². The summed E-state index contributed by atoms with van der Waals surface area (Å²) in [5.41, 5.74) is 0.786. The Balaban J connectivity index is 1.93. The Morgan fingerprint density at radius 3 is 2.81 bits per heavy atom. The number of anilines is 1. The standard InChI is InChI=1S/C12H16N2O2/c15-10-6-7-13-11(8-10)12(16)14-9-4-2-1-3-5-9/h1-5,10-11,13,15H,6-8H2,(H,14,16)/t10-,11+/m1/s1. The van der Waals surface area contributed by atoms with Crippen molar-refractivity contribution in [3.05, 3.63) is 30.3 Å². The van der Waals surface area contributed by atoms with E-state index in [0.717, 1.165) is 12.1 Å². The predicted molar refractivity (Wildman–Crippen MR) is 62.1 cm³/mol. The second-order valence-corrected chi connectivity index (χ2v) is 4.04. The summed E-state index contributed by atoms with van der Waals surface area (Å²) in [5.74, 6) is -0.0787. The van der Waals surface area contributed by atoms with Crippen LogP contribution in [-0.4, -0.2) is 29.7 Å². The molecule has 1 saturated heterocycles. The first-order chi connectivity index (χ1) is 7.75. The van der Waals surface area contributed by atoms with Crippen molar-refractivity contribution in [3.63, 3.8) is 0 Å². The van der Waals surface area contributed by atoms with Gasteiger partial charge in [-0.2, -0.15) is 0 Å². The maximum absolute atomic E-state index is 11.8. The predicted octanol–water partition coefficient (Wildman–Crippen LogP) is 0.738. The Kier molecular flexibility index (Phi) is 3.54. The van der Waals surface area contributed by atoms with Crippen LogP contribution in [0.4, 0.5) is 5.69 Å². The average molecular weight is 220 g/mol. The van der Waals surface area contributed by atoms with Crippen molar-refractivity contribution in [3.8, 4) is 0 Å². The number of hydrogen-bond donors (Lipinski definition) is 3. The number of carbonyl (C=O) groups is 1. The Hall–Kier alpha value is -1.39. The lowest BCUT2D eigenvalue weighted by molar-refractivity contribution is -0.119. The van der Waals surface area contributed by atoms with E-state index in [1.807, 2.05) is 30.3 Å². The maximum Gasteiger partial charge on any atom is 0.241 e. The Morgan fingerprint density at radius 2 is 2.12 bits per heavy atom. The highest BCUT2D eigenvalue weighted by Crippen LogP contribution is 2.11. The SMILES string of the molecule is O=C(Nc1ccccc1)[C@@H]1C[C@H](O)CCN1. The first kappa shape index (κ1) is 11.1. The van der Waals surface area contributed by atoms with Gasteiger partial charge in [0.05, 0.1) is 12.1 Å². The number of hydrogen-bond acceptors (Lipinski definition) is 3. The fourth-order valence-corrected chi connectivity index (χ4v) is 1.85. The molecule has 0 spiro atoms. The largest absolute Gasteiger partial charge is 0.393 e. The van der Waals surface area contributed by atoms with Gasteiger partial charge < -0.3 is 15.7 Å². The van der Waals surface area contributed by atoms with Gasteiger partial charge in [0.2, 0.25) is 5.91 Å². The maximum atomic E-state index is 11.8. The Morgan fingerprint density at radius 1 is 1.38 bits per heavy atom. The van der Waals surface area contributed by atoms with Crippen LogP contribution in [0.2, 0.25) is 0 Å². The molecule has 1 amide bonds. The van der Waals surface area contributed by atoms with Gasteiger partial charge in [0.25, 0.3) is 0 Å². The lowest BCUT2D eigenvalue weighted by Gasteiger charge is -2.26. The molecule has 0 radical (unpaired) electrons. The first-order valence-corrected chi connectivity index (χ1v) is 5.53. The molecule has 1 aromatic rings. The molecular formula is C12H16N2O2. The van der Waals surface area contributed by atoms with Crippen LogP contribution in [0.25, 0.3) is 0 Å². The number of para-hydroxylation sites is 1. The lowest BCUT2D eigenvalue weighted by Crippen LogP contribution is -2.47. The van der Waals surface area contributed by atoms with E-state index < -0.39 is 0 Å². The third-order valence-electron chi connectivity index (χ3n) is 2.73. The molecule has 4 nitrogen and oxygen atoms in total. The molecule has 2 atom stereocenters. The third kappa shape index (κ3) is 2.81. The molecule has 2 rings (SSSR count). The van der Waals surface area contributed by atoms with E-state index in [4.69, 9.17) is 0 Å². The van der Waals surface area contributed by atoms with Gasteiger partial charge in [-0.1, -0.05) is 18.2 Å². The highest BCUT2D eigenvalue weighted by molar-refractivity contribution is 5.94. The molecule has 1 fully saturated rings. The van der Waals surface area contributed by atoms with Gasteiger partial charge in [-0.15, -0.1) is 0 Å². The van der Waals surface area contributed by atoms with Crippen LogP contribution in [0.15, 0.2) is 30.3 Å². The number of carbonyl (C=O) groups excluding carboxylic acids is 1. The lowest BCUT2D eigenvalue weighted by atomic mass is 10.0. The minimum Gasteiger partial charge on any atom is -0.393 e. The topological polar surface area (TPSA) is 61.4 Å². The number of aliphatic hydroxyl groups excluding tert-OH is 1. The van der Waals surface area contributed by atoms with Crippen LogP contribution < -0.4 is 10.6 Å². The molecule has 1 aliphatic heterocycles. The van der Waals surface area contributed by atoms with Crippen molar-refractivity contribution in [1.82, 2.24) is 5.32 Å².